The number of hydrogen-bond acceptors (Lipinski definition) is 14. The molecule has 0 aliphatic carbocycles. The van der Waals surface area contributed by atoms with Gasteiger partial charge in [0.05, 0.1) is 22.3 Å². The predicted octanol–water partition coefficient (Wildman–Crippen LogP) is 19.1. The Bertz CT molecular complexity index is 4820. The Morgan fingerprint density at radius 3 is 0.965 bits per heavy atom. The maximum atomic E-state index is 16.7. The highest BCUT2D eigenvalue weighted by molar-refractivity contribution is 6.45. The number of nitrogens with zero attached hydrogens (tertiary/aromatic N) is 6. The standard InChI is InChI=1S/C95H109N7O12/c1-19-22-74(94(109)99-32-28-97(29-33-99)26-21-24-76(103)56(11)12)101-90(105)70-48-77(111-66-40-58(15)36-62(44-66)52(3)4)83-85-79(113-68-42-60(17)38-64(46-68)54(7)8)50-72-82-73(93(108)102(92(72)107)75(23-20-2)95(110)100-34-30-98(31-35-100)27-25-96-89(104)57(13)14)51-80(114-69-43-61(18)39-65(47-69)55(9)10)86(88(82)85)84-78(49-71(91(101)106)81(70)87(83)84)112-67-41-59(16)37-63(45-67)53(5)6/h36-55,74-75H,11,13,19-35H2,1-10,12,14-18H3,(H,96,104). The molecule has 4 heterocycles. The van der Waals surface area contributed by atoms with Gasteiger partial charge in [0.1, 0.15) is 58.1 Å². The molecule has 2 fully saturated rings. The van der Waals surface area contributed by atoms with Crippen LogP contribution >= 0.6 is 0 Å². The number of rotatable bonds is 29. The summed E-state index contributed by atoms with van der Waals surface area (Å²) in [6, 6.07) is 28.2. The number of carbonyl (C=O) groups is 8. The van der Waals surface area contributed by atoms with E-state index in [9.17, 15) is 9.59 Å². The Morgan fingerprint density at radius 1 is 0.395 bits per heavy atom. The number of piperazine rings is 2. The minimum absolute atomic E-state index is 0.0184. The van der Waals surface area contributed by atoms with Gasteiger partial charge in [-0.05, 0) is 214 Å². The lowest BCUT2D eigenvalue weighted by molar-refractivity contribution is -0.138. The first-order valence-corrected chi connectivity index (χ1v) is 40.8. The van der Waals surface area contributed by atoms with E-state index >= 15 is 28.8 Å². The predicted molar refractivity (Wildman–Crippen MR) is 450 cm³/mol. The third-order valence-corrected chi connectivity index (χ3v) is 23.0. The minimum Gasteiger partial charge on any atom is -0.457 e. The lowest BCUT2D eigenvalue weighted by Crippen LogP contribution is -2.58. The van der Waals surface area contributed by atoms with Crippen LogP contribution in [0.3, 0.4) is 0 Å². The van der Waals surface area contributed by atoms with Crippen molar-refractivity contribution in [1.82, 2.24) is 34.7 Å². The Morgan fingerprint density at radius 2 is 0.693 bits per heavy atom. The topological polar surface area (TPSA) is 205 Å². The van der Waals surface area contributed by atoms with E-state index < -0.39 is 35.7 Å². The molecule has 2 saturated heterocycles. The second-order valence-corrected chi connectivity index (χ2v) is 33.3. The highest BCUT2D eigenvalue weighted by Crippen LogP contribution is 2.59. The van der Waals surface area contributed by atoms with Crippen molar-refractivity contribution in [3.63, 3.8) is 0 Å². The average molecular weight is 1540 g/mol. The molecule has 596 valence electrons. The van der Waals surface area contributed by atoms with Crippen LogP contribution in [0, 0.1) is 27.7 Å². The number of nitrogens with one attached hydrogen (secondary N) is 1. The molecule has 0 saturated carbocycles. The van der Waals surface area contributed by atoms with Gasteiger partial charge in [-0.2, -0.15) is 0 Å². The largest absolute Gasteiger partial charge is 0.457 e. The number of allylic oxidation sites excluding steroid dienone is 1. The summed E-state index contributed by atoms with van der Waals surface area (Å²) in [4.78, 5) is 133. The van der Waals surface area contributed by atoms with Gasteiger partial charge in [0, 0.05) is 121 Å². The van der Waals surface area contributed by atoms with Crippen LogP contribution in [0.4, 0.5) is 0 Å². The third-order valence-electron chi connectivity index (χ3n) is 23.0. The third kappa shape index (κ3) is 16.1. The Hall–Kier alpha value is -10.8. The van der Waals surface area contributed by atoms with E-state index in [1.165, 1.54) is 0 Å². The van der Waals surface area contributed by atoms with Gasteiger partial charge in [-0.25, -0.2) is 0 Å². The number of aryl methyl sites for hydroxylation is 4. The summed E-state index contributed by atoms with van der Waals surface area (Å²) in [6.45, 7) is 44.5. The summed E-state index contributed by atoms with van der Waals surface area (Å²) < 4.78 is 30.3. The molecule has 4 aliphatic heterocycles. The smallest absolute Gasteiger partial charge is 0.262 e. The van der Waals surface area contributed by atoms with Gasteiger partial charge >= 0.3 is 0 Å². The molecule has 0 spiro atoms. The fraction of sp³-hybridized carbons (Fsp3) is 0.411. The number of fused-ring (bicyclic) bond motifs is 2. The van der Waals surface area contributed by atoms with Crippen LogP contribution in [0.5, 0.6) is 46.0 Å². The Balaban J connectivity index is 1.13. The van der Waals surface area contributed by atoms with Crippen LogP contribution < -0.4 is 24.3 Å². The summed E-state index contributed by atoms with van der Waals surface area (Å²) in [5, 5.41) is 5.45. The summed E-state index contributed by atoms with van der Waals surface area (Å²) >= 11 is 0. The fourth-order valence-corrected chi connectivity index (χ4v) is 16.8. The first-order valence-electron chi connectivity index (χ1n) is 40.8. The molecule has 114 heavy (non-hydrogen) atoms. The molecule has 19 nitrogen and oxygen atoms in total. The molecule has 13 rings (SSSR count). The van der Waals surface area contributed by atoms with Crippen LogP contribution in [0.25, 0.3) is 43.1 Å². The van der Waals surface area contributed by atoms with Crippen molar-refractivity contribution in [2.45, 2.75) is 185 Å². The van der Waals surface area contributed by atoms with Crippen molar-refractivity contribution in [1.29, 1.82) is 0 Å². The molecule has 9 aromatic rings. The number of ether oxygens (including phenoxy) is 4. The molecule has 0 aromatic heterocycles. The number of hydrogen-bond donors (Lipinski definition) is 1. The first kappa shape index (κ1) is 81.3. The SMILES string of the molecule is C=C(C)C(=O)CCCN1CCN(C(=O)C(CCC)N2C(=O)c3cc(Oc4cc(C)cc(C(C)C)c4)c4c5c(Oc6cc(C)cc(C(C)C)c6)cc6c7c(cc(Oc8cc(C)cc(C(C)C)c8)c(c8c(Oc9cc(C)cc(C(C)C)c9)cc(c3c48)C2=O)c75)C(=O)N(C(CCC)C(=O)N2CCN(CCNC(=O)C(=C)C)CC2)C6=O)CC1. The summed E-state index contributed by atoms with van der Waals surface area (Å²) in [5.74, 6) is -1.35. The maximum absolute atomic E-state index is 16.7. The number of Topliss-reactive ketones (excluding diaryl/α,β-unsaturated/α-hetero) is 1. The van der Waals surface area contributed by atoms with E-state index in [-0.39, 0.29) is 116 Å². The molecule has 9 aromatic carbocycles. The quantitative estimate of drug-likeness (QED) is 0.0200. The van der Waals surface area contributed by atoms with Crippen molar-refractivity contribution in [2.24, 2.45) is 0 Å². The van der Waals surface area contributed by atoms with Crippen LogP contribution in [0.15, 0.2) is 121 Å². The molecule has 2 unspecified atom stereocenters. The number of imide groups is 2. The Labute approximate surface area is 669 Å². The van der Waals surface area contributed by atoms with Crippen molar-refractivity contribution >= 4 is 90.2 Å². The molecular formula is C95H109N7O12. The highest BCUT2D eigenvalue weighted by Gasteiger charge is 2.48. The number of carbonyl (C=O) groups excluding carboxylic acids is 8. The molecule has 0 bridgehead atoms. The second kappa shape index (κ2) is 33.4. The van der Waals surface area contributed by atoms with Crippen molar-refractivity contribution < 1.29 is 57.3 Å². The van der Waals surface area contributed by atoms with Gasteiger partial charge in [0.2, 0.25) is 17.7 Å². The minimum atomic E-state index is -1.25. The van der Waals surface area contributed by atoms with Crippen LogP contribution in [0.1, 0.15) is 231 Å². The highest BCUT2D eigenvalue weighted by atomic mass is 16.5. The van der Waals surface area contributed by atoms with E-state index in [1.807, 2.05) is 90.1 Å². The molecular weight excluding hydrogens is 1430 g/mol. The van der Waals surface area contributed by atoms with Crippen molar-refractivity contribution in [3.05, 3.63) is 188 Å². The van der Waals surface area contributed by atoms with Gasteiger partial charge < -0.3 is 34.1 Å². The maximum Gasteiger partial charge on any atom is 0.262 e. The number of amides is 7. The monoisotopic (exact) mass is 1540 g/mol. The zero-order valence-electron chi connectivity index (χ0n) is 69.2. The zero-order chi connectivity index (χ0) is 81.7. The molecule has 19 heteroatoms. The normalized spacial score (nSPS) is 15.4. The van der Waals surface area contributed by atoms with Crippen LogP contribution in [-0.2, 0) is 19.2 Å². The second-order valence-electron chi connectivity index (χ2n) is 33.3. The average Bonchev–Trinajstić information content (AvgIpc) is 0.670. The van der Waals surface area contributed by atoms with Crippen LogP contribution in [0.2, 0.25) is 0 Å². The van der Waals surface area contributed by atoms with Gasteiger partial charge in [-0.15, -0.1) is 0 Å². The molecule has 1 N–H and O–H groups in total. The number of ketones is 1. The molecule has 0 radical (unpaired) electrons. The van der Waals surface area contributed by atoms with Gasteiger partial charge in [-0.3, -0.25) is 58.0 Å². The van der Waals surface area contributed by atoms with E-state index in [2.05, 4.69) is 108 Å². The van der Waals surface area contributed by atoms with Gasteiger partial charge in [0.15, 0.2) is 5.78 Å². The van der Waals surface area contributed by atoms with Crippen molar-refractivity contribution in [2.75, 3.05) is 72.0 Å². The molecule has 2 atom stereocenters. The fourth-order valence-electron chi connectivity index (χ4n) is 16.8. The summed E-state index contributed by atoms with van der Waals surface area (Å²) in [6.07, 6.45) is 2.18. The lowest BCUT2D eigenvalue weighted by atomic mass is 9.80. The van der Waals surface area contributed by atoms with Gasteiger partial charge in [0.25, 0.3) is 23.6 Å². The van der Waals surface area contributed by atoms with Gasteiger partial charge in [-0.1, -0.05) is 120 Å². The van der Waals surface area contributed by atoms with E-state index in [0.29, 0.717) is 164 Å². The molecule has 7 amide bonds. The lowest BCUT2D eigenvalue weighted by Gasteiger charge is -2.40. The van der Waals surface area contributed by atoms with E-state index in [1.54, 1.807) is 47.9 Å². The van der Waals surface area contributed by atoms with E-state index in [4.69, 9.17) is 18.9 Å². The van der Waals surface area contributed by atoms with Crippen LogP contribution in [-0.4, -0.2) is 161 Å². The summed E-state index contributed by atoms with van der Waals surface area (Å²) in [5.41, 5.74) is 8.70. The molecule has 4 aliphatic rings. The zero-order valence-corrected chi connectivity index (χ0v) is 69.2. The first-order chi connectivity index (χ1) is 54.3. The van der Waals surface area contributed by atoms with Crippen molar-refractivity contribution in [3.8, 4) is 46.0 Å². The van der Waals surface area contributed by atoms with E-state index in [0.717, 1.165) is 54.3 Å². The number of benzene rings is 9. The Kier molecular flexibility index (Phi) is 23.8. The summed E-state index contributed by atoms with van der Waals surface area (Å²) in [7, 11) is 0.